The molecule has 0 saturated carbocycles. The van der Waals surface area contributed by atoms with Crippen molar-refractivity contribution in [2.45, 2.75) is 37.0 Å². The van der Waals surface area contributed by atoms with Crippen molar-refractivity contribution in [3.05, 3.63) is 72.3 Å². The molecule has 1 heterocycles. The lowest BCUT2D eigenvalue weighted by molar-refractivity contribution is -0.115. The Bertz CT molecular complexity index is 1140. The molecule has 3 aromatic carbocycles. The van der Waals surface area contributed by atoms with Crippen molar-refractivity contribution < 1.29 is 13.2 Å². The molecule has 0 aliphatic carbocycles. The zero-order chi connectivity index (χ0) is 21.0. The van der Waals surface area contributed by atoms with Crippen molar-refractivity contribution >= 4 is 32.4 Å². The van der Waals surface area contributed by atoms with Crippen LogP contribution in [0.1, 0.15) is 31.2 Å². The van der Waals surface area contributed by atoms with Crippen molar-refractivity contribution in [2.75, 3.05) is 18.4 Å². The highest BCUT2D eigenvalue weighted by molar-refractivity contribution is 7.89. The fourth-order valence-corrected chi connectivity index (χ4v) is 5.55. The number of fused-ring (bicyclic) bond motifs is 1. The Morgan fingerprint density at radius 2 is 1.57 bits per heavy atom. The molecule has 1 aliphatic heterocycles. The summed E-state index contributed by atoms with van der Waals surface area (Å²) in [6.07, 6.45) is 4.14. The van der Waals surface area contributed by atoms with E-state index in [-0.39, 0.29) is 17.2 Å². The van der Waals surface area contributed by atoms with Gasteiger partial charge in [-0.1, -0.05) is 61.4 Å². The molecule has 0 unspecified atom stereocenters. The second-order valence-electron chi connectivity index (χ2n) is 7.71. The van der Waals surface area contributed by atoms with Gasteiger partial charge in [0.15, 0.2) is 0 Å². The summed E-state index contributed by atoms with van der Waals surface area (Å²) in [4.78, 5) is 12.9. The van der Waals surface area contributed by atoms with Crippen LogP contribution in [0.3, 0.4) is 0 Å². The third kappa shape index (κ3) is 4.55. The lowest BCUT2D eigenvalue weighted by atomic mass is 10.0. The lowest BCUT2D eigenvalue weighted by Gasteiger charge is -2.20. The normalized spacial score (nSPS) is 15.6. The van der Waals surface area contributed by atoms with Crippen LogP contribution >= 0.6 is 0 Å². The maximum atomic E-state index is 13.0. The largest absolute Gasteiger partial charge is 0.326 e. The molecule has 6 heteroatoms. The number of benzene rings is 3. The molecule has 4 rings (SSSR count). The topological polar surface area (TPSA) is 66.5 Å². The molecule has 0 aromatic heterocycles. The van der Waals surface area contributed by atoms with Crippen LogP contribution in [0.15, 0.2) is 71.6 Å². The SMILES string of the molecule is O=C(Cc1cccc2ccccc12)Nc1cccc(S(=O)(=O)N2CCCCCC2)c1. The maximum Gasteiger partial charge on any atom is 0.243 e. The number of carbonyl (C=O) groups is 1. The van der Waals surface area contributed by atoms with Crippen molar-refractivity contribution in [2.24, 2.45) is 0 Å². The number of hydrogen-bond acceptors (Lipinski definition) is 3. The van der Waals surface area contributed by atoms with Gasteiger partial charge in [0.1, 0.15) is 0 Å². The van der Waals surface area contributed by atoms with Gasteiger partial charge in [-0.05, 0) is 47.4 Å². The van der Waals surface area contributed by atoms with Crippen LogP contribution in [0.4, 0.5) is 5.69 Å². The molecule has 5 nitrogen and oxygen atoms in total. The molecule has 0 radical (unpaired) electrons. The van der Waals surface area contributed by atoms with Crippen LogP contribution in [0.25, 0.3) is 10.8 Å². The number of carbonyl (C=O) groups excluding carboxylic acids is 1. The average molecular weight is 423 g/mol. The van der Waals surface area contributed by atoms with Gasteiger partial charge in [-0.15, -0.1) is 0 Å². The van der Waals surface area contributed by atoms with Gasteiger partial charge in [0.2, 0.25) is 15.9 Å². The van der Waals surface area contributed by atoms with E-state index < -0.39 is 10.0 Å². The molecule has 0 spiro atoms. The number of nitrogens with one attached hydrogen (secondary N) is 1. The van der Waals surface area contributed by atoms with E-state index in [1.54, 1.807) is 28.6 Å². The van der Waals surface area contributed by atoms with Gasteiger partial charge in [0.25, 0.3) is 0 Å². The first-order chi connectivity index (χ1) is 14.5. The zero-order valence-electron chi connectivity index (χ0n) is 16.9. The van der Waals surface area contributed by atoms with Crippen molar-refractivity contribution in [1.29, 1.82) is 0 Å². The Labute approximate surface area is 177 Å². The smallest absolute Gasteiger partial charge is 0.243 e. The van der Waals surface area contributed by atoms with E-state index in [4.69, 9.17) is 0 Å². The predicted octanol–water partition coefficient (Wildman–Crippen LogP) is 4.59. The van der Waals surface area contributed by atoms with Gasteiger partial charge in [-0.3, -0.25) is 4.79 Å². The molecular weight excluding hydrogens is 396 g/mol. The molecule has 0 bridgehead atoms. The van der Waals surface area contributed by atoms with E-state index in [0.717, 1.165) is 42.0 Å². The molecule has 1 saturated heterocycles. The molecule has 156 valence electrons. The number of nitrogens with zero attached hydrogens (tertiary/aromatic N) is 1. The summed E-state index contributed by atoms with van der Waals surface area (Å²) < 4.78 is 27.6. The summed E-state index contributed by atoms with van der Waals surface area (Å²) in [6.45, 7) is 1.11. The van der Waals surface area contributed by atoms with Crippen molar-refractivity contribution in [3.8, 4) is 0 Å². The quantitative estimate of drug-likeness (QED) is 0.654. The number of rotatable bonds is 5. The Hall–Kier alpha value is -2.70. The first-order valence-electron chi connectivity index (χ1n) is 10.4. The second-order valence-corrected chi connectivity index (χ2v) is 9.65. The third-order valence-corrected chi connectivity index (χ3v) is 7.45. The molecule has 3 aromatic rings. The van der Waals surface area contributed by atoms with Gasteiger partial charge in [0.05, 0.1) is 11.3 Å². The summed E-state index contributed by atoms with van der Waals surface area (Å²) >= 11 is 0. The van der Waals surface area contributed by atoms with E-state index in [0.29, 0.717) is 18.8 Å². The minimum atomic E-state index is -3.55. The highest BCUT2D eigenvalue weighted by atomic mass is 32.2. The number of anilines is 1. The zero-order valence-corrected chi connectivity index (χ0v) is 17.7. The summed E-state index contributed by atoms with van der Waals surface area (Å²) in [5.74, 6) is -0.171. The maximum absolute atomic E-state index is 13.0. The Morgan fingerprint density at radius 3 is 2.37 bits per heavy atom. The molecule has 0 atom stereocenters. The van der Waals surface area contributed by atoms with E-state index in [1.807, 2.05) is 42.5 Å². The second kappa shape index (κ2) is 8.98. The average Bonchev–Trinajstić information content (AvgIpc) is 3.04. The number of amides is 1. The fraction of sp³-hybridized carbons (Fsp3) is 0.292. The van der Waals surface area contributed by atoms with E-state index >= 15 is 0 Å². The molecule has 1 N–H and O–H groups in total. The van der Waals surface area contributed by atoms with E-state index in [1.165, 1.54) is 0 Å². The van der Waals surface area contributed by atoms with E-state index in [2.05, 4.69) is 5.32 Å². The minimum Gasteiger partial charge on any atom is -0.326 e. The molecule has 1 fully saturated rings. The Morgan fingerprint density at radius 1 is 0.867 bits per heavy atom. The molecular formula is C24H26N2O3S. The standard InChI is InChI=1S/C24H26N2O3S/c27-24(17-20-11-7-10-19-9-3-4-14-23(19)20)25-21-12-8-13-22(18-21)30(28,29)26-15-5-1-2-6-16-26/h3-4,7-14,18H,1-2,5-6,15-17H2,(H,25,27). The first-order valence-corrected chi connectivity index (χ1v) is 11.8. The van der Waals surface area contributed by atoms with Gasteiger partial charge in [-0.25, -0.2) is 8.42 Å². The predicted molar refractivity (Wildman–Crippen MR) is 120 cm³/mol. The fourth-order valence-electron chi connectivity index (χ4n) is 3.99. The summed E-state index contributed by atoms with van der Waals surface area (Å²) in [6, 6.07) is 20.4. The Kier molecular flexibility index (Phi) is 6.16. The monoisotopic (exact) mass is 422 g/mol. The number of hydrogen-bond donors (Lipinski definition) is 1. The van der Waals surface area contributed by atoms with Crippen molar-refractivity contribution in [3.63, 3.8) is 0 Å². The van der Waals surface area contributed by atoms with Gasteiger partial charge < -0.3 is 5.32 Å². The summed E-state index contributed by atoms with van der Waals surface area (Å²) in [5, 5.41) is 5.00. The van der Waals surface area contributed by atoms with Gasteiger partial charge >= 0.3 is 0 Å². The Balaban J connectivity index is 1.50. The van der Waals surface area contributed by atoms with Crippen LogP contribution in [-0.2, 0) is 21.2 Å². The molecule has 1 amide bonds. The van der Waals surface area contributed by atoms with Crippen LogP contribution in [0.5, 0.6) is 0 Å². The third-order valence-electron chi connectivity index (χ3n) is 5.55. The summed E-state index contributed by atoms with van der Waals surface area (Å²) in [7, 11) is -3.55. The highest BCUT2D eigenvalue weighted by Crippen LogP contribution is 2.23. The minimum absolute atomic E-state index is 0.171. The van der Waals surface area contributed by atoms with Crippen LogP contribution in [0, 0.1) is 0 Å². The lowest BCUT2D eigenvalue weighted by Crippen LogP contribution is -2.32. The van der Waals surface area contributed by atoms with Gasteiger partial charge in [0, 0.05) is 18.8 Å². The van der Waals surface area contributed by atoms with Crippen molar-refractivity contribution in [1.82, 2.24) is 4.31 Å². The summed E-state index contributed by atoms with van der Waals surface area (Å²) in [5.41, 5.74) is 1.44. The molecule has 1 aliphatic rings. The van der Waals surface area contributed by atoms with Crippen LogP contribution in [0.2, 0.25) is 0 Å². The highest BCUT2D eigenvalue weighted by Gasteiger charge is 2.25. The molecule has 30 heavy (non-hydrogen) atoms. The van der Waals surface area contributed by atoms with Gasteiger partial charge in [-0.2, -0.15) is 4.31 Å². The first kappa shape index (κ1) is 20.6. The number of sulfonamides is 1. The van der Waals surface area contributed by atoms with Crippen LogP contribution < -0.4 is 5.32 Å². The van der Waals surface area contributed by atoms with Crippen LogP contribution in [-0.4, -0.2) is 31.7 Å². The van der Waals surface area contributed by atoms with E-state index in [9.17, 15) is 13.2 Å².